The van der Waals surface area contributed by atoms with Gasteiger partial charge in [0, 0.05) is 12.8 Å². The highest BCUT2D eigenvalue weighted by molar-refractivity contribution is 5.86. The molecule has 0 heterocycles. The number of esters is 1. The third-order valence-electron chi connectivity index (χ3n) is 2.80. The van der Waals surface area contributed by atoms with E-state index in [1.165, 1.54) is 0 Å². The number of amides is 1. The molecule has 19 heavy (non-hydrogen) atoms. The molecule has 1 rings (SSSR count). The van der Waals surface area contributed by atoms with Crippen molar-refractivity contribution >= 4 is 12.1 Å². The quantitative estimate of drug-likeness (QED) is 0.784. The lowest BCUT2D eigenvalue weighted by Gasteiger charge is -2.28. The van der Waals surface area contributed by atoms with Crippen molar-refractivity contribution in [3.63, 3.8) is 0 Å². The van der Waals surface area contributed by atoms with Crippen LogP contribution in [0.2, 0.25) is 0 Å². The summed E-state index contributed by atoms with van der Waals surface area (Å²) in [5, 5.41) is 2.24. The Balaban J connectivity index is 2.83. The van der Waals surface area contributed by atoms with Crippen LogP contribution in [0.3, 0.4) is 0 Å². The van der Waals surface area contributed by atoms with Crippen molar-refractivity contribution < 1.29 is 27.8 Å². The van der Waals surface area contributed by atoms with Gasteiger partial charge in [-0.15, -0.1) is 0 Å². The number of ether oxygens (including phenoxy) is 2. The SMILES string of the molecule is COC(=O)C1(NC(=O)OC(C)(C)C)CC(F)C(F)C1. The van der Waals surface area contributed by atoms with Crippen molar-refractivity contribution in [2.75, 3.05) is 7.11 Å². The normalized spacial score (nSPS) is 30.8. The van der Waals surface area contributed by atoms with E-state index in [1.54, 1.807) is 20.8 Å². The van der Waals surface area contributed by atoms with Gasteiger partial charge in [0.2, 0.25) is 0 Å². The van der Waals surface area contributed by atoms with Crippen LogP contribution in [0.1, 0.15) is 33.6 Å². The standard InChI is InChI=1S/C12H19F2NO4/c1-11(2,3)19-10(17)15-12(9(16)18-4)5-7(13)8(14)6-12/h7-8H,5-6H2,1-4H3,(H,15,17). The monoisotopic (exact) mass is 279 g/mol. The van der Waals surface area contributed by atoms with Crippen LogP contribution in [-0.4, -0.2) is 42.7 Å². The Labute approximate surface area is 110 Å². The lowest BCUT2D eigenvalue weighted by Crippen LogP contribution is -2.54. The van der Waals surface area contributed by atoms with E-state index in [9.17, 15) is 18.4 Å². The first-order valence-corrected chi connectivity index (χ1v) is 5.97. The molecule has 5 nitrogen and oxygen atoms in total. The summed E-state index contributed by atoms with van der Waals surface area (Å²) >= 11 is 0. The maximum absolute atomic E-state index is 13.3. The van der Waals surface area contributed by atoms with Crippen LogP contribution < -0.4 is 5.32 Å². The van der Waals surface area contributed by atoms with Crippen LogP contribution in [0, 0.1) is 0 Å². The van der Waals surface area contributed by atoms with E-state index in [0.717, 1.165) is 7.11 Å². The zero-order chi connectivity index (χ0) is 14.8. The molecule has 0 aromatic carbocycles. The first kappa shape index (κ1) is 15.7. The number of methoxy groups -OCH3 is 1. The van der Waals surface area contributed by atoms with Gasteiger partial charge in [0.15, 0.2) is 0 Å². The second kappa shape index (κ2) is 5.30. The third kappa shape index (κ3) is 3.78. The molecule has 0 aromatic heterocycles. The molecule has 1 saturated carbocycles. The minimum absolute atomic E-state index is 0.458. The van der Waals surface area contributed by atoms with Crippen LogP contribution in [0.25, 0.3) is 0 Å². The highest BCUT2D eigenvalue weighted by Crippen LogP contribution is 2.35. The lowest BCUT2D eigenvalue weighted by molar-refractivity contribution is -0.148. The van der Waals surface area contributed by atoms with Gasteiger partial charge in [0.1, 0.15) is 23.5 Å². The maximum Gasteiger partial charge on any atom is 0.408 e. The van der Waals surface area contributed by atoms with E-state index in [4.69, 9.17) is 4.74 Å². The third-order valence-corrected chi connectivity index (χ3v) is 2.80. The Morgan fingerprint density at radius 2 is 1.68 bits per heavy atom. The van der Waals surface area contributed by atoms with Gasteiger partial charge in [0.05, 0.1) is 7.11 Å². The Kier molecular flexibility index (Phi) is 4.37. The first-order chi connectivity index (χ1) is 8.59. The molecule has 1 N–H and O–H groups in total. The van der Waals surface area contributed by atoms with Gasteiger partial charge in [-0.05, 0) is 20.8 Å². The summed E-state index contributed by atoms with van der Waals surface area (Å²) in [5.41, 5.74) is -2.47. The molecule has 0 bridgehead atoms. The number of carbonyl (C=O) groups excluding carboxylic acids is 2. The van der Waals surface area contributed by atoms with Crippen molar-refractivity contribution in [1.82, 2.24) is 5.32 Å². The van der Waals surface area contributed by atoms with E-state index >= 15 is 0 Å². The first-order valence-electron chi connectivity index (χ1n) is 5.97. The number of halogens is 2. The second-order valence-electron chi connectivity index (χ2n) is 5.64. The fraction of sp³-hybridized carbons (Fsp3) is 0.833. The zero-order valence-corrected chi connectivity index (χ0v) is 11.5. The van der Waals surface area contributed by atoms with Crippen LogP contribution in [0.4, 0.5) is 13.6 Å². The summed E-state index contributed by atoms with van der Waals surface area (Å²) in [6.07, 6.45) is -5.44. The van der Waals surface area contributed by atoms with E-state index in [-0.39, 0.29) is 0 Å². The molecule has 1 amide bonds. The molecule has 0 aliphatic heterocycles. The van der Waals surface area contributed by atoms with Crippen molar-refractivity contribution in [1.29, 1.82) is 0 Å². The molecule has 110 valence electrons. The van der Waals surface area contributed by atoms with Crippen molar-refractivity contribution in [3.05, 3.63) is 0 Å². The summed E-state index contributed by atoms with van der Waals surface area (Å²) in [7, 11) is 1.10. The van der Waals surface area contributed by atoms with Crippen molar-refractivity contribution in [2.45, 2.75) is 57.1 Å². The van der Waals surface area contributed by atoms with Crippen LogP contribution in [0.5, 0.6) is 0 Å². The smallest absolute Gasteiger partial charge is 0.408 e. The number of nitrogens with one attached hydrogen (secondary N) is 1. The summed E-state index contributed by atoms with van der Waals surface area (Å²) in [5.74, 6) is -0.874. The zero-order valence-electron chi connectivity index (χ0n) is 11.5. The molecular formula is C12H19F2NO4. The van der Waals surface area contributed by atoms with Crippen molar-refractivity contribution in [2.24, 2.45) is 0 Å². The summed E-state index contributed by atoms with van der Waals surface area (Å²) in [6.45, 7) is 4.92. The fourth-order valence-corrected chi connectivity index (χ4v) is 2.02. The average Bonchev–Trinajstić information content (AvgIpc) is 2.51. The van der Waals surface area contributed by atoms with Gasteiger partial charge in [-0.25, -0.2) is 18.4 Å². The van der Waals surface area contributed by atoms with E-state index in [1.807, 2.05) is 0 Å². The average molecular weight is 279 g/mol. The number of alkyl halides is 2. The molecule has 0 radical (unpaired) electrons. The Morgan fingerprint density at radius 3 is 2.05 bits per heavy atom. The number of hydrogen-bond acceptors (Lipinski definition) is 4. The van der Waals surface area contributed by atoms with Crippen LogP contribution >= 0.6 is 0 Å². The number of alkyl carbamates (subject to hydrolysis) is 1. The van der Waals surface area contributed by atoms with Gasteiger partial charge < -0.3 is 14.8 Å². The molecule has 7 heteroatoms. The molecular weight excluding hydrogens is 260 g/mol. The highest BCUT2D eigenvalue weighted by atomic mass is 19.2. The molecule has 2 atom stereocenters. The minimum atomic E-state index is -1.81. The summed E-state index contributed by atoms with van der Waals surface area (Å²) < 4.78 is 36.2. The van der Waals surface area contributed by atoms with E-state index in [0.29, 0.717) is 0 Å². The fourth-order valence-electron chi connectivity index (χ4n) is 2.02. The minimum Gasteiger partial charge on any atom is -0.467 e. The predicted octanol–water partition coefficient (Wildman–Crippen LogP) is 1.89. The predicted molar refractivity (Wildman–Crippen MR) is 63.1 cm³/mol. The molecule has 1 fully saturated rings. The molecule has 0 saturated heterocycles. The Hall–Kier alpha value is -1.40. The largest absolute Gasteiger partial charge is 0.467 e. The van der Waals surface area contributed by atoms with Crippen molar-refractivity contribution in [3.8, 4) is 0 Å². The topological polar surface area (TPSA) is 64.6 Å². The number of carbonyl (C=O) groups is 2. The summed E-state index contributed by atoms with van der Waals surface area (Å²) in [6, 6.07) is 0. The molecule has 0 aromatic rings. The molecule has 2 unspecified atom stereocenters. The Morgan fingerprint density at radius 1 is 1.21 bits per heavy atom. The van der Waals surface area contributed by atoms with Crippen LogP contribution in [-0.2, 0) is 14.3 Å². The van der Waals surface area contributed by atoms with Gasteiger partial charge in [-0.1, -0.05) is 0 Å². The Bertz CT molecular complexity index is 357. The number of hydrogen-bond donors (Lipinski definition) is 1. The maximum atomic E-state index is 13.3. The number of rotatable bonds is 2. The van der Waals surface area contributed by atoms with Gasteiger partial charge in [-0.3, -0.25) is 0 Å². The van der Waals surface area contributed by atoms with Gasteiger partial charge in [0.25, 0.3) is 0 Å². The second-order valence-corrected chi connectivity index (χ2v) is 5.64. The van der Waals surface area contributed by atoms with Gasteiger partial charge >= 0.3 is 12.1 Å². The molecule has 1 aliphatic carbocycles. The lowest BCUT2D eigenvalue weighted by atomic mass is 9.98. The van der Waals surface area contributed by atoms with E-state index < -0.39 is 48.4 Å². The van der Waals surface area contributed by atoms with E-state index in [2.05, 4.69) is 10.1 Å². The highest BCUT2D eigenvalue weighted by Gasteiger charge is 2.53. The molecule has 0 spiro atoms. The van der Waals surface area contributed by atoms with Gasteiger partial charge in [-0.2, -0.15) is 0 Å². The van der Waals surface area contributed by atoms with Crippen LogP contribution in [0.15, 0.2) is 0 Å². The summed E-state index contributed by atoms with van der Waals surface area (Å²) in [4.78, 5) is 23.4. The molecule has 1 aliphatic rings.